The highest BCUT2D eigenvalue weighted by molar-refractivity contribution is 4.87. The maximum atomic E-state index is 12.3. The van der Waals surface area contributed by atoms with E-state index in [1.54, 1.807) is 0 Å². The molecule has 0 bridgehead atoms. The molecule has 0 saturated heterocycles. The third kappa shape index (κ3) is 2.87. The first-order valence-corrected chi connectivity index (χ1v) is 5.16. The second-order valence-electron chi connectivity index (χ2n) is 4.29. The van der Waals surface area contributed by atoms with E-state index in [1.807, 2.05) is 6.92 Å². The molecule has 1 N–H and O–H groups in total. The van der Waals surface area contributed by atoms with Gasteiger partial charge in [0.15, 0.2) is 0 Å². The highest BCUT2D eigenvalue weighted by Gasteiger charge is 2.44. The Balaban J connectivity index is 2.45. The van der Waals surface area contributed by atoms with Gasteiger partial charge in [-0.3, -0.25) is 0 Å². The Morgan fingerprint density at radius 1 is 1.29 bits per heavy atom. The summed E-state index contributed by atoms with van der Waals surface area (Å²) in [6, 6.07) is 0. The molecule has 0 radical (unpaired) electrons. The van der Waals surface area contributed by atoms with Gasteiger partial charge in [0.1, 0.15) is 0 Å². The van der Waals surface area contributed by atoms with Crippen molar-refractivity contribution in [1.82, 2.24) is 0 Å². The van der Waals surface area contributed by atoms with E-state index in [0.29, 0.717) is 19.3 Å². The van der Waals surface area contributed by atoms with Crippen molar-refractivity contribution in [2.24, 2.45) is 5.92 Å². The lowest BCUT2D eigenvalue weighted by Gasteiger charge is -2.36. The third-order valence-electron chi connectivity index (χ3n) is 3.09. The van der Waals surface area contributed by atoms with E-state index >= 15 is 0 Å². The van der Waals surface area contributed by atoms with E-state index in [9.17, 15) is 18.3 Å². The smallest absolute Gasteiger partial charge is 0.390 e. The lowest BCUT2D eigenvalue weighted by atomic mass is 9.76. The summed E-state index contributed by atoms with van der Waals surface area (Å²) in [5, 5.41) is 9.89. The highest BCUT2D eigenvalue weighted by Crippen LogP contribution is 2.42. The van der Waals surface area contributed by atoms with Crippen LogP contribution in [-0.2, 0) is 0 Å². The van der Waals surface area contributed by atoms with Crippen LogP contribution >= 0.6 is 0 Å². The van der Waals surface area contributed by atoms with Crippen LogP contribution in [0.2, 0.25) is 0 Å². The quantitative estimate of drug-likeness (QED) is 0.741. The number of aliphatic hydroxyl groups is 1. The Morgan fingerprint density at radius 2 is 1.79 bits per heavy atom. The van der Waals surface area contributed by atoms with Crippen molar-refractivity contribution in [3.05, 3.63) is 0 Å². The zero-order valence-electron chi connectivity index (χ0n) is 8.40. The first-order chi connectivity index (χ1) is 6.37. The van der Waals surface area contributed by atoms with Gasteiger partial charge in [0.25, 0.3) is 0 Å². The van der Waals surface area contributed by atoms with Crippen molar-refractivity contribution < 1.29 is 18.3 Å². The molecule has 0 atom stereocenters. The fourth-order valence-electron chi connectivity index (χ4n) is 2.20. The van der Waals surface area contributed by atoms with Crippen LogP contribution in [0, 0.1) is 5.92 Å². The monoisotopic (exact) mass is 210 g/mol. The normalized spacial score (nSPS) is 34.5. The van der Waals surface area contributed by atoms with Crippen LogP contribution in [-0.4, -0.2) is 16.9 Å². The molecule has 1 nitrogen and oxygen atoms in total. The summed E-state index contributed by atoms with van der Waals surface area (Å²) in [7, 11) is 0. The number of hydrogen-bond acceptors (Lipinski definition) is 1. The van der Waals surface area contributed by atoms with Crippen LogP contribution in [0.5, 0.6) is 0 Å². The van der Waals surface area contributed by atoms with Gasteiger partial charge in [0.05, 0.1) is 11.5 Å². The summed E-state index contributed by atoms with van der Waals surface area (Å²) in [4.78, 5) is 0. The standard InChI is InChI=1S/C10H17F3O/c1-2-5-9(14)6-3-8(4-7-9)10(11,12)13/h8,14H,2-7H2,1H3. The van der Waals surface area contributed by atoms with Crippen LogP contribution in [0.25, 0.3) is 0 Å². The van der Waals surface area contributed by atoms with Gasteiger partial charge in [-0.1, -0.05) is 13.3 Å². The van der Waals surface area contributed by atoms with Gasteiger partial charge in [-0.15, -0.1) is 0 Å². The van der Waals surface area contributed by atoms with Crippen LogP contribution in [0.15, 0.2) is 0 Å². The Morgan fingerprint density at radius 3 is 2.14 bits per heavy atom. The molecule has 4 heteroatoms. The minimum absolute atomic E-state index is 0.0833. The zero-order valence-corrected chi connectivity index (χ0v) is 8.40. The summed E-state index contributed by atoms with van der Waals surface area (Å²) in [5.41, 5.74) is -0.823. The van der Waals surface area contributed by atoms with Gasteiger partial charge < -0.3 is 5.11 Å². The van der Waals surface area contributed by atoms with Crippen molar-refractivity contribution in [3.63, 3.8) is 0 Å². The largest absolute Gasteiger partial charge is 0.391 e. The molecule has 0 aliphatic heterocycles. The minimum atomic E-state index is -4.08. The molecule has 1 saturated carbocycles. The van der Waals surface area contributed by atoms with Gasteiger partial charge >= 0.3 is 6.18 Å². The molecular weight excluding hydrogens is 193 g/mol. The second-order valence-corrected chi connectivity index (χ2v) is 4.29. The summed E-state index contributed by atoms with van der Waals surface area (Å²) >= 11 is 0. The van der Waals surface area contributed by atoms with Crippen LogP contribution in [0.4, 0.5) is 13.2 Å². The Hall–Kier alpha value is -0.250. The van der Waals surface area contributed by atoms with Crippen molar-refractivity contribution in [2.45, 2.75) is 57.2 Å². The lowest BCUT2D eigenvalue weighted by Crippen LogP contribution is -2.38. The molecule has 1 aliphatic carbocycles. The molecule has 0 aromatic carbocycles. The van der Waals surface area contributed by atoms with E-state index < -0.39 is 17.7 Å². The fraction of sp³-hybridized carbons (Fsp3) is 1.00. The van der Waals surface area contributed by atoms with Crippen molar-refractivity contribution in [1.29, 1.82) is 0 Å². The van der Waals surface area contributed by atoms with Crippen molar-refractivity contribution >= 4 is 0 Å². The Labute approximate surface area is 82.3 Å². The van der Waals surface area contributed by atoms with E-state index in [1.165, 1.54) is 0 Å². The first kappa shape index (κ1) is 11.8. The molecule has 0 aromatic heterocycles. The predicted molar refractivity (Wildman–Crippen MR) is 47.9 cm³/mol. The van der Waals surface area contributed by atoms with Crippen LogP contribution in [0.3, 0.4) is 0 Å². The van der Waals surface area contributed by atoms with Gasteiger partial charge in [-0.2, -0.15) is 13.2 Å². The summed E-state index contributed by atoms with van der Waals surface area (Å²) in [5.74, 6) is -1.19. The molecule has 1 rings (SSSR count). The summed E-state index contributed by atoms with van der Waals surface area (Å²) in [6.07, 6.45) is -1.87. The van der Waals surface area contributed by atoms with E-state index in [4.69, 9.17) is 0 Å². The van der Waals surface area contributed by atoms with Gasteiger partial charge in [0, 0.05) is 0 Å². The zero-order chi connectivity index (χ0) is 10.8. The third-order valence-corrected chi connectivity index (χ3v) is 3.09. The van der Waals surface area contributed by atoms with E-state index in [-0.39, 0.29) is 12.8 Å². The fourth-order valence-corrected chi connectivity index (χ4v) is 2.20. The first-order valence-electron chi connectivity index (χ1n) is 5.16. The minimum Gasteiger partial charge on any atom is -0.390 e. The molecular formula is C10H17F3O. The van der Waals surface area contributed by atoms with Crippen LogP contribution in [0.1, 0.15) is 45.4 Å². The SMILES string of the molecule is CCCC1(O)CCC(C(F)(F)F)CC1. The predicted octanol–water partition coefficient (Wildman–Crippen LogP) is 3.27. The second kappa shape index (κ2) is 4.09. The molecule has 14 heavy (non-hydrogen) atoms. The molecule has 0 spiro atoms. The average molecular weight is 210 g/mol. The van der Waals surface area contributed by atoms with Gasteiger partial charge in [0.2, 0.25) is 0 Å². The average Bonchev–Trinajstić information content (AvgIpc) is 2.03. The molecule has 0 amide bonds. The molecule has 84 valence electrons. The van der Waals surface area contributed by atoms with Gasteiger partial charge in [-0.25, -0.2) is 0 Å². The summed E-state index contributed by atoms with van der Waals surface area (Å²) < 4.78 is 36.9. The Kier molecular flexibility index (Phi) is 3.45. The lowest BCUT2D eigenvalue weighted by molar-refractivity contribution is -0.192. The highest BCUT2D eigenvalue weighted by atomic mass is 19.4. The van der Waals surface area contributed by atoms with Crippen molar-refractivity contribution in [2.75, 3.05) is 0 Å². The number of halogens is 3. The molecule has 0 aromatic rings. The topological polar surface area (TPSA) is 20.2 Å². The maximum Gasteiger partial charge on any atom is 0.391 e. The molecule has 0 heterocycles. The number of alkyl halides is 3. The van der Waals surface area contributed by atoms with E-state index in [2.05, 4.69) is 0 Å². The number of rotatable bonds is 2. The summed E-state index contributed by atoms with van der Waals surface area (Å²) in [6.45, 7) is 1.94. The van der Waals surface area contributed by atoms with Crippen LogP contribution < -0.4 is 0 Å². The van der Waals surface area contributed by atoms with Gasteiger partial charge in [-0.05, 0) is 32.1 Å². The maximum absolute atomic E-state index is 12.3. The van der Waals surface area contributed by atoms with E-state index in [0.717, 1.165) is 6.42 Å². The Bertz CT molecular complexity index is 180. The molecule has 1 aliphatic rings. The molecule has 0 unspecified atom stereocenters. The van der Waals surface area contributed by atoms with Crippen molar-refractivity contribution in [3.8, 4) is 0 Å². The molecule has 1 fully saturated rings. The number of hydrogen-bond donors (Lipinski definition) is 1.